The van der Waals surface area contributed by atoms with Crippen LogP contribution < -0.4 is 10.6 Å². The quantitative estimate of drug-likeness (QED) is 0.628. The van der Waals surface area contributed by atoms with Gasteiger partial charge < -0.3 is 10.6 Å². The van der Waals surface area contributed by atoms with Crippen LogP contribution in [0.15, 0.2) is 36.4 Å². The second-order valence-electron chi connectivity index (χ2n) is 6.37. The van der Waals surface area contributed by atoms with Gasteiger partial charge in [-0.15, -0.1) is 0 Å². The first-order chi connectivity index (χ1) is 12.8. The Morgan fingerprint density at radius 3 is 2.33 bits per heavy atom. The third kappa shape index (κ3) is 4.72. The van der Waals surface area contributed by atoms with Gasteiger partial charge in [0.2, 0.25) is 5.95 Å². The van der Waals surface area contributed by atoms with Gasteiger partial charge in [0.15, 0.2) is 11.6 Å². The van der Waals surface area contributed by atoms with Gasteiger partial charge in [-0.1, -0.05) is 0 Å². The topological polar surface area (TPSA) is 62.7 Å². The molecule has 0 fully saturated rings. The Labute approximate surface area is 154 Å². The van der Waals surface area contributed by atoms with Gasteiger partial charge in [-0.3, -0.25) is 0 Å². The van der Waals surface area contributed by atoms with Crippen LogP contribution in [0.3, 0.4) is 0 Å². The third-order valence-corrected chi connectivity index (χ3v) is 3.50. The van der Waals surface area contributed by atoms with Crippen molar-refractivity contribution in [1.29, 1.82) is 0 Å². The number of hydrogen-bond acceptors (Lipinski definition) is 5. The summed E-state index contributed by atoms with van der Waals surface area (Å²) in [4.78, 5) is 12.0. The summed E-state index contributed by atoms with van der Waals surface area (Å²) in [6.45, 7) is 5.58. The highest BCUT2D eigenvalue weighted by molar-refractivity contribution is 5.64. The number of hydrogen-bond donors (Lipinski definition) is 2. The van der Waals surface area contributed by atoms with E-state index >= 15 is 0 Å². The van der Waals surface area contributed by atoms with Gasteiger partial charge >= 0.3 is 0 Å². The van der Waals surface area contributed by atoms with E-state index in [4.69, 9.17) is 0 Å². The molecule has 0 unspecified atom stereocenters. The average Bonchev–Trinajstić information content (AvgIpc) is 2.55. The summed E-state index contributed by atoms with van der Waals surface area (Å²) >= 11 is 0. The molecule has 0 amide bonds. The Balaban J connectivity index is 2.06. The predicted molar refractivity (Wildman–Crippen MR) is 98.4 cm³/mol. The molecule has 8 heteroatoms. The van der Waals surface area contributed by atoms with Gasteiger partial charge in [-0.25, -0.2) is 23.7 Å². The Morgan fingerprint density at radius 1 is 0.889 bits per heavy atom. The molecule has 1 aromatic carbocycles. The molecule has 0 aliphatic heterocycles. The van der Waals surface area contributed by atoms with E-state index in [0.29, 0.717) is 17.3 Å². The molecule has 0 atom stereocenters. The van der Waals surface area contributed by atoms with Crippen LogP contribution in [0, 0.1) is 24.5 Å². The molecule has 0 bridgehead atoms. The molecular formula is C19H18F3N5. The molecule has 0 spiro atoms. The van der Waals surface area contributed by atoms with Gasteiger partial charge in [0.1, 0.15) is 23.1 Å². The van der Waals surface area contributed by atoms with E-state index in [-0.39, 0.29) is 17.6 Å². The standard InChI is InChI=1S/C19H18F3N5/c1-10(2)23-16-9-17(24-13-7-11(3)6-12(20)8-13)27-19(26-16)18-14(21)4-5-15(22)25-18/h4-10H,1-3H3,(H2,23,24,26,27). The number of aromatic nitrogens is 3. The first-order valence-electron chi connectivity index (χ1n) is 8.32. The lowest BCUT2D eigenvalue weighted by Crippen LogP contribution is -2.13. The Bertz CT molecular complexity index is 955. The maximum Gasteiger partial charge on any atom is 0.213 e. The van der Waals surface area contributed by atoms with Crippen LogP contribution in [-0.4, -0.2) is 21.0 Å². The minimum Gasteiger partial charge on any atom is -0.368 e. The van der Waals surface area contributed by atoms with E-state index in [2.05, 4.69) is 25.6 Å². The van der Waals surface area contributed by atoms with Gasteiger partial charge in [-0.2, -0.15) is 4.39 Å². The molecule has 27 heavy (non-hydrogen) atoms. The van der Waals surface area contributed by atoms with E-state index in [1.165, 1.54) is 12.1 Å². The van der Waals surface area contributed by atoms with E-state index in [0.717, 1.165) is 17.7 Å². The SMILES string of the molecule is Cc1cc(F)cc(Nc2cc(NC(C)C)nc(-c3nc(F)ccc3F)n2)c1. The molecule has 0 saturated heterocycles. The van der Waals surface area contributed by atoms with Crippen molar-refractivity contribution in [3.63, 3.8) is 0 Å². The first kappa shape index (κ1) is 18.6. The number of aryl methyl sites for hydroxylation is 1. The van der Waals surface area contributed by atoms with Crippen molar-refractivity contribution in [1.82, 2.24) is 15.0 Å². The highest BCUT2D eigenvalue weighted by Gasteiger charge is 2.15. The summed E-state index contributed by atoms with van der Waals surface area (Å²) in [6, 6.07) is 7.97. The molecule has 0 saturated carbocycles. The zero-order valence-corrected chi connectivity index (χ0v) is 15.0. The Morgan fingerprint density at radius 2 is 1.63 bits per heavy atom. The molecule has 0 aliphatic rings. The minimum absolute atomic E-state index is 0.0438. The summed E-state index contributed by atoms with van der Waals surface area (Å²) in [7, 11) is 0. The van der Waals surface area contributed by atoms with E-state index < -0.39 is 17.6 Å². The second-order valence-corrected chi connectivity index (χ2v) is 6.37. The van der Waals surface area contributed by atoms with E-state index in [1.54, 1.807) is 19.1 Å². The number of pyridine rings is 1. The molecule has 3 aromatic rings. The molecular weight excluding hydrogens is 355 g/mol. The Hall–Kier alpha value is -3.16. The van der Waals surface area contributed by atoms with Crippen molar-refractivity contribution in [2.75, 3.05) is 10.6 Å². The van der Waals surface area contributed by atoms with Crippen LogP contribution in [0.5, 0.6) is 0 Å². The number of nitrogens with one attached hydrogen (secondary N) is 2. The van der Waals surface area contributed by atoms with Gasteiger partial charge in [0, 0.05) is 17.8 Å². The van der Waals surface area contributed by atoms with E-state index in [9.17, 15) is 13.2 Å². The zero-order chi connectivity index (χ0) is 19.6. The number of rotatable bonds is 5. The van der Waals surface area contributed by atoms with Crippen LogP contribution in [-0.2, 0) is 0 Å². The lowest BCUT2D eigenvalue weighted by atomic mass is 10.2. The predicted octanol–water partition coefficient (Wildman–Crippen LogP) is 4.83. The number of nitrogens with zero attached hydrogens (tertiary/aromatic N) is 3. The number of anilines is 3. The maximum atomic E-state index is 14.1. The van der Waals surface area contributed by atoms with Crippen molar-refractivity contribution >= 4 is 17.3 Å². The van der Waals surface area contributed by atoms with Crippen LogP contribution in [0.1, 0.15) is 19.4 Å². The van der Waals surface area contributed by atoms with Crippen molar-refractivity contribution in [2.24, 2.45) is 0 Å². The Kier molecular flexibility index (Phi) is 5.25. The van der Waals surface area contributed by atoms with Crippen LogP contribution in [0.25, 0.3) is 11.5 Å². The fraction of sp³-hybridized carbons (Fsp3) is 0.211. The largest absolute Gasteiger partial charge is 0.368 e. The zero-order valence-electron chi connectivity index (χ0n) is 15.0. The molecule has 5 nitrogen and oxygen atoms in total. The van der Waals surface area contributed by atoms with Crippen LogP contribution >= 0.6 is 0 Å². The van der Waals surface area contributed by atoms with Crippen molar-refractivity contribution in [3.05, 3.63) is 59.5 Å². The van der Waals surface area contributed by atoms with Gasteiger partial charge in [0.05, 0.1) is 0 Å². The van der Waals surface area contributed by atoms with E-state index in [1.807, 2.05) is 13.8 Å². The summed E-state index contributed by atoms with van der Waals surface area (Å²) in [5.74, 6) is -1.38. The van der Waals surface area contributed by atoms with Crippen LogP contribution in [0.2, 0.25) is 0 Å². The fourth-order valence-corrected chi connectivity index (χ4v) is 2.52. The van der Waals surface area contributed by atoms with Gasteiger partial charge in [0.25, 0.3) is 0 Å². The molecule has 2 aromatic heterocycles. The third-order valence-electron chi connectivity index (χ3n) is 3.50. The minimum atomic E-state index is -0.840. The molecule has 0 aliphatic carbocycles. The summed E-state index contributed by atoms with van der Waals surface area (Å²) in [6.07, 6.45) is 0. The normalized spacial score (nSPS) is 10.9. The summed E-state index contributed by atoms with van der Waals surface area (Å²) in [5.41, 5.74) is 0.895. The average molecular weight is 373 g/mol. The smallest absolute Gasteiger partial charge is 0.213 e. The lowest BCUT2D eigenvalue weighted by Gasteiger charge is -2.14. The highest BCUT2D eigenvalue weighted by Crippen LogP contribution is 2.25. The number of benzene rings is 1. The van der Waals surface area contributed by atoms with Crippen molar-refractivity contribution in [2.45, 2.75) is 26.8 Å². The molecule has 2 heterocycles. The maximum absolute atomic E-state index is 14.1. The second kappa shape index (κ2) is 7.61. The molecule has 3 rings (SSSR count). The number of halogens is 3. The molecule has 140 valence electrons. The van der Waals surface area contributed by atoms with Crippen molar-refractivity contribution < 1.29 is 13.2 Å². The van der Waals surface area contributed by atoms with Crippen LogP contribution in [0.4, 0.5) is 30.5 Å². The molecule has 0 radical (unpaired) electrons. The highest BCUT2D eigenvalue weighted by atomic mass is 19.1. The van der Waals surface area contributed by atoms with Crippen molar-refractivity contribution in [3.8, 4) is 11.5 Å². The monoisotopic (exact) mass is 373 g/mol. The first-order valence-corrected chi connectivity index (χ1v) is 8.32. The summed E-state index contributed by atoms with van der Waals surface area (Å²) < 4.78 is 41.2. The molecule has 2 N–H and O–H groups in total. The lowest BCUT2D eigenvalue weighted by molar-refractivity contribution is 0.562. The summed E-state index contributed by atoms with van der Waals surface area (Å²) in [5, 5.41) is 6.06. The van der Waals surface area contributed by atoms with Gasteiger partial charge in [-0.05, 0) is 56.7 Å². The fourth-order valence-electron chi connectivity index (χ4n) is 2.52.